The summed E-state index contributed by atoms with van der Waals surface area (Å²) in [6.45, 7) is 12.5. The van der Waals surface area contributed by atoms with Crippen LogP contribution in [0.25, 0.3) is 0 Å². The molecule has 0 aromatic rings. The second kappa shape index (κ2) is 7.43. The number of carbonyl (C=O) groups is 4. The molecule has 160 valence electrons. The topological polar surface area (TPSA) is 113 Å². The first-order valence-electron chi connectivity index (χ1n) is 9.40. The van der Waals surface area contributed by atoms with Gasteiger partial charge in [0.15, 0.2) is 14.0 Å². The Morgan fingerprint density at radius 3 is 2.45 bits per heavy atom. The summed E-state index contributed by atoms with van der Waals surface area (Å²) >= 11 is 2.32. The third kappa shape index (κ3) is 3.89. The second-order valence-corrected chi connectivity index (χ2v) is 16.3. The van der Waals surface area contributed by atoms with Gasteiger partial charge >= 0.3 is 5.97 Å². The van der Waals surface area contributed by atoms with Gasteiger partial charge < -0.3 is 9.53 Å². The summed E-state index contributed by atoms with van der Waals surface area (Å²) in [4.78, 5) is 49.3. The second-order valence-electron chi connectivity index (χ2n) is 8.99. The van der Waals surface area contributed by atoms with Crippen molar-refractivity contribution in [1.29, 1.82) is 0 Å². The normalized spacial score (nSPS) is 28.4. The molecule has 8 nitrogen and oxygen atoms in total. The van der Waals surface area contributed by atoms with Crippen molar-refractivity contribution in [2.75, 3.05) is 0 Å². The fourth-order valence-electron chi connectivity index (χ4n) is 3.29. The fraction of sp³-hybridized carbons (Fsp3) is 0.667. The Kier molecular flexibility index (Phi) is 5.74. The third-order valence-corrected chi connectivity index (χ3v) is 13.3. The molecule has 3 heterocycles. The zero-order valence-corrected chi connectivity index (χ0v) is 19.9. The van der Waals surface area contributed by atoms with Crippen LogP contribution in [-0.4, -0.2) is 58.7 Å². The van der Waals surface area contributed by atoms with Crippen LogP contribution in [0.3, 0.4) is 0 Å². The number of thioether (sulfide) groups is 2. The average molecular weight is 459 g/mol. The smallest absolute Gasteiger partial charge is 0.354 e. The SMILES string of the molecule is C[C@@H](O[Si](C)(C)C(C)(C)C)[C@H]1C(=O)N2C(C(=O)O)=C(SC3CC(=O)NC3=O)S[C@H]12. The van der Waals surface area contributed by atoms with Crippen molar-refractivity contribution in [3.05, 3.63) is 9.93 Å². The predicted molar refractivity (Wildman–Crippen MR) is 113 cm³/mol. The lowest BCUT2D eigenvalue weighted by Crippen LogP contribution is -2.62. The summed E-state index contributed by atoms with van der Waals surface area (Å²) in [7, 11) is -2.09. The molecule has 2 saturated heterocycles. The number of carbonyl (C=O) groups excluding carboxylic acids is 3. The molecule has 29 heavy (non-hydrogen) atoms. The number of nitrogens with zero attached hydrogens (tertiary/aromatic N) is 1. The molecule has 2 fully saturated rings. The lowest BCUT2D eigenvalue weighted by molar-refractivity contribution is -0.156. The van der Waals surface area contributed by atoms with Crippen LogP contribution >= 0.6 is 23.5 Å². The van der Waals surface area contributed by atoms with Gasteiger partial charge in [-0.05, 0) is 25.1 Å². The summed E-state index contributed by atoms with van der Waals surface area (Å²) in [5.41, 5.74) is -0.0991. The van der Waals surface area contributed by atoms with E-state index >= 15 is 0 Å². The van der Waals surface area contributed by atoms with Crippen LogP contribution in [0.15, 0.2) is 9.93 Å². The highest BCUT2D eigenvalue weighted by Gasteiger charge is 2.59. The number of carboxylic acids is 1. The molecular formula is C18H26N2O6S2Si. The van der Waals surface area contributed by atoms with E-state index in [0.29, 0.717) is 4.24 Å². The van der Waals surface area contributed by atoms with Gasteiger partial charge in [0, 0.05) is 6.42 Å². The largest absolute Gasteiger partial charge is 0.477 e. The number of fused-ring (bicyclic) bond motifs is 1. The summed E-state index contributed by atoms with van der Waals surface area (Å²) in [6, 6.07) is 0. The van der Waals surface area contributed by atoms with E-state index in [1.54, 1.807) is 0 Å². The van der Waals surface area contributed by atoms with Gasteiger partial charge in [0.1, 0.15) is 5.37 Å². The Morgan fingerprint density at radius 2 is 1.97 bits per heavy atom. The van der Waals surface area contributed by atoms with Crippen LogP contribution in [0.2, 0.25) is 18.1 Å². The van der Waals surface area contributed by atoms with Crippen molar-refractivity contribution >= 4 is 55.5 Å². The Bertz CT molecular complexity index is 822. The van der Waals surface area contributed by atoms with Crippen LogP contribution < -0.4 is 5.32 Å². The van der Waals surface area contributed by atoms with Gasteiger partial charge in [0.05, 0.1) is 21.5 Å². The van der Waals surface area contributed by atoms with Crippen LogP contribution in [-0.2, 0) is 23.6 Å². The highest BCUT2D eigenvalue weighted by atomic mass is 32.2. The minimum atomic E-state index is -2.09. The van der Waals surface area contributed by atoms with Crippen LogP contribution in [0.1, 0.15) is 34.1 Å². The lowest BCUT2D eigenvalue weighted by Gasteiger charge is -2.48. The van der Waals surface area contributed by atoms with E-state index in [1.165, 1.54) is 16.7 Å². The zero-order valence-electron chi connectivity index (χ0n) is 17.3. The Balaban J connectivity index is 1.77. The number of rotatable bonds is 6. The highest BCUT2D eigenvalue weighted by Crippen LogP contribution is 2.55. The van der Waals surface area contributed by atoms with Crippen LogP contribution in [0, 0.1) is 5.92 Å². The Labute approximate surface area is 179 Å². The van der Waals surface area contributed by atoms with E-state index in [4.69, 9.17) is 4.43 Å². The van der Waals surface area contributed by atoms with E-state index < -0.39 is 31.4 Å². The summed E-state index contributed by atoms with van der Waals surface area (Å²) in [5, 5.41) is 10.8. The molecule has 0 saturated carbocycles. The van der Waals surface area contributed by atoms with Gasteiger partial charge in [-0.2, -0.15) is 0 Å². The molecule has 3 aliphatic heterocycles. The maximum Gasteiger partial charge on any atom is 0.354 e. The zero-order chi connectivity index (χ0) is 21.9. The van der Waals surface area contributed by atoms with Gasteiger partial charge in [-0.3, -0.25) is 24.6 Å². The van der Waals surface area contributed by atoms with Crippen molar-refractivity contribution in [3.63, 3.8) is 0 Å². The van der Waals surface area contributed by atoms with Crippen LogP contribution in [0.5, 0.6) is 0 Å². The molecule has 3 amide bonds. The lowest BCUT2D eigenvalue weighted by atomic mass is 9.92. The number of amides is 3. The molecular weight excluding hydrogens is 432 g/mol. The maximum absolute atomic E-state index is 12.8. The molecule has 3 aliphatic rings. The highest BCUT2D eigenvalue weighted by molar-refractivity contribution is 8.23. The van der Waals surface area contributed by atoms with E-state index in [1.807, 2.05) is 6.92 Å². The molecule has 11 heteroatoms. The summed E-state index contributed by atoms with van der Waals surface area (Å²) in [5.74, 6) is -2.72. The predicted octanol–water partition coefficient (Wildman–Crippen LogP) is 2.33. The van der Waals surface area contributed by atoms with E-state index in [0.717, 1.165) is 11.8 Å². The minimum Gasteiger partial charge on any atom is -0.477 e. The number of β-lactam (4-membered cyclic amide) rings is 1. The number of imide groups is 1. The molecule has 0 radical (unpaired) electrons. The van der Waals surface area contributed by atoms with E-state index in [-0.39, 0.29) is 40.4 Å². The summed E-state index contributed by atoms with van der Waals surface area (Å²) in [6.07, 6.45) is -0.333. The third-order valence-electron chi connectivity index (χ3n) is 5.92. The summed E-state index contributed by atoms with van der Waals surface area (Å²) < 4.78 is 6.77. The number of hydrogen-bond donors (Lipinski definition) is 2. The van der Waals surface area contributed by atoms with Gasteiger partial charge in [-0.25, -0.2) is 4.79 Å². The number of nitrogens with one attached hydrogen (secondary N) is 1. The molecule has 1 unspecified atom stereocenters. The van der Waals surface area contributed by atoms with Gasteiger partial charge in [-0.1, -0.05) is 32.5 Å². The minimum absolute atomic E-state index is 0.00733. The van der Waals surface area contributed by atoms with E-state index in [9.17, 15) is 24.3 Å². The quantitative estimate of drug-likeness (QED) is 0.354. The molecule has 0 spiro atoms. The van der Waals surface area contributed by atoms with Gasteiger partial charge in [0.25, 0.3) is 0 Å². The van der Waals surface area contributed by atoms with Crippen LogP contribution in [0.4, 0.5) is 0 Å². The molecule has 0 aromatic heterocycles. The number of aliphatic carboxylic acids is 1. The molecule has 0 aromatic carbocycles. The standard InChI is InChI=1S/C18H26N2O6S2Si/c1-8(26-29(5,6)18(2,3)4)11-14(23)20-12(16(24)25)17(28-15(11)20)27-9-7-10(21)19-13(9)22/h8-9,11,15H,7H2,1-6H3,(H,24,25)(H,19,21,22)/t8-,9?,11+,15-/m1/s1. The van der Waals surface area contributed by atoms with Crippen molar-refractivity contribution in [2.45, 2.75) is 69.0 Å². The molecule has 4 atom stereocenters. The monoisotopic (exact) mass is 458 g/mol. The van der Waals surface area contributed by atoms with Crippen molar-refractivity contribution in [1.82, 2.24) is 10.2 Å². The maximum atomic E-state index is 12.8. The Hall–Kier alpha value is -1.30. The number of carboxylic acid groups (broad SMARTS) is 1. The average Bonchev–Trinajstić information content (AvgIpc) is 3.03. The van der Waals surface area contributed by atoms with Crippen molar-refractivity contribution in [2.24, 2.45) is 5.92 Å². The molecule has 2 N–H and O–H groups in total. The molecule has 0 aliphatic carbocycles. The fourth-order valence-corrected chi connectivity index (χ4v) is 7.86. The first-order valence-corrected chi connectivity index (χ1v) is 14.1. The first-order chi connectivity index (χ1) is 13.2. The molecule has 0 bridgehead atoms. The van der Waals surface area contributed by atoms with Crippen molar-refractivity contribution in [3.8, 4) is 0 Å². The van der Waals surface area contributed by atoms with Gasteiger partial charge in [0.2, 0.25) is 17.7 Å². The van der Waals surface area contributed by atoms with Gasteiger partial charge in [-0.15, -0.1) is 11.8 Å². The van der Waals surface area contributed by atoms with E-state index in [2.05, 4.69) is 39.2 Å². The Morgan fingerprint density at radius 1 is 1.34 bits per heavy atom. The van der Waals surface area contributed by atoms with Crippen molar-refractivity contribution < 1.29 is 28.7 Å². The number of hydrogen-bond acceptors (Lipinski definition) is 7. The molecule has 3 rings (SSSR count). The first kappa shape index (κ1) is 22.4.